The molecule has 88 valence electrons. The van der Waals surface area contributed by atoms with Gasteiger partial charge in [0, 0.05) is 0 Å². The molecule has 0 spiro atoms. The summed E-state index contributed by atoms with van der Waals surface area (Å²) >= 11 is 0. The quantitative estimate of drug-likeness (QED) is 0.669. The summed E-state index contributed by atoms with van der Waals surface area (Å²) in [5.74, 6) is 0.764. The van der Waals surface area contributed by atoms with Gasteiger partial charge in [0.15, 0.2) is 0 Å². The van der Waals surface area contributed by atoms with E-state index in [1.807, 2.05) is 6.92 Å². The summed E-state index contributed by atoms with van der Waals surface area (Å²) < 4.78 is 4.76. The van der Waals surface area contributed by atoms with Crippen molar-refractivity contribution in [3.05, 3.63) is 0 Å². The molecule has 0 amide bonds. The highest BCUT2D eigenvalue weighted by atomic mass is 16.5. The number of piperidine rings is 1. The van der Waals surface area contributed by atoms with Gasteiger partial charge >= 0.3 is 5.97 Å². The molecule has 1 aliphatic rings. The lowest BCUT2D eigenvalue weighted by Crippen LogP contribution is -2.44. The first kappa shape index (κ1) is 12.5. The molecular weight excluding hydrogens is 190 g/mol. The molecule has 0 aliphatic carbocycles. The average molecular weight is 213 g/mol. The molecule has 0 aromatic rings. The summed E-state index contributed by atoms with van der Waals surface area (Å²) in [4.78, 5) is 13.6. The van der Waals surface area contributed by atoms with Gasteiger partial charge in [0.25, 0.3) is 0 Å². The van der Waals surface area contributed by atoms with E-state index in [1.165, 1.54) is 32.8 Å². The summed E-state index contributed by atoms with van der Waals surface area (Å²) in [6, 6.07) is -0.0717. The van der Waals surface area contributed by atoms with Crippen molar-refractivity contribution in [2.24, 2.45) is 5.92 Å². The van der Waals surface area contributed by atoms with Crippen LogP contribution in [-0.4, -0.2) is 37.1 Å². The van der Waals surface area contributed by atoms with Gasteiger partial charge in [-0.05, 0) is 38.8 Å². The Hall–Kier alpha value is -0.570. The van der Waals surface area contributed by atoms with E-state index in [9.17, 15) is 4.79 Å². The fourth-order valence-electron chi connectivity index (χ4n) is 2.36. The molecule has 1 atom stereocenters. The zero-order valence-corrected chi connectivity index (χ0v) is 10.2. The van der Waals surface area contributed by atoms with Gasteiger partial charge in [0.05, 0.1) is 7.11 Å². The smallest absolute Gasteiger partial charge is 0.322 e. The van der Waals surface area contributed by atoms with Crippen LogP contribution in [0, 0.1) is 5.92 Å². The topological polar surface area (TPSA) is 29.5 Å². The maximum Gasteiger partial charge on any atom is 0.322 e. The highest BCUT2D eigenvalue weighted by Crippen LogP contribution is 2.23. The van der Waals surface area contributed by atoms with E-state index in [2.05, 4.69) is 11.8 Å². The maximum absolute atomic E-state index is 11.4. The lowest BCUT2D eigenvalue weighted by Gasteiger charge is -2.34. The Morgan fingerprint density at radius 3 is 2.53 bits per heavy atom. The van der Waals surface area contributed by atoms with E-state index in [0.29, 0.717) is 0 Å². The first-order chi connectivity index (χ1) is 7.19. The van der Waals surface area contributed by atoms with Gasteiger partial charge in [-0.25, -0.2) is 0 Å². The van der Waals surface area contributed by atoms with Crippen LogP contribution in [0.25, 0.3) is 0 Å². The third-order valence-electron chi connectivity index (χ3n) is 3.44. The molecule has 1 aliphatic heterocycles. The summed E-state index contributed by atoms with van der Waals surface area (Å²) in [6.07, 6.45) is 5.07. The molecule has 0 bridgehead atoms. The average Bonchev–Trinajstić information content (AvgIpc) is 2.28. The molecule has 0 aromatic heterocycles. The first-order valence-electron chi connectivity index (χ1n) is 6.01. The molecule has 1 saturated heterocycles. The molecule has 0 saturated carbocycles. The molecule has 15 heavy (non-hydrogen) atoms. The van der Waals surface area contributed by atoms with Crippen molar-refractivity contribution >= 4 is 5.97 Å². The molecule has 0 radical (unpaired) electrons. The van der Waals surface area contributed by atoms with Gasteiger partial charge in [-0.15, -0.1) is 0 Å². The van der Waals surface area contributed by atoms with Crippen molar-refractivity contribution in [2.75, 3.05) is 20.2 Å². The fraction of sp³-hybridized carbons (Fsp3) is 0.917. The zero-order chi connectivity index (χ0) is 11.3. The molecule has 1 fully saturated rings. The second-order valence-electron chi connectivity index (χ2n) is 4.47. The van der Waals surface area contributed by atoms with Gasteiger partial charge in [-0.2, -0.15) is 0 Å². The number of hydrogen-bond acceptors (Lipinski definition) is 3. The lowest BCUT2D eigenvalue weighted by atomic mass is 9.92. The summed E-state index contributed by atoms with van der Waals surface area (Å²) in [5, 5.41) is 0. The number of methoxy groups -OCH3 is 1. The van der Waals surface area contributed by atoms with E-state index in [4.69, 9.17) is 4.74 Å². The Balaban J connectivity index is 2.33. The minimum Gasteiger partial charge on any atom is -0.468 e. The highest BCUT2D eigenvalue weighted by molar-refractivity contribution is 5.75. The van der Waals surface area contributed by atoms with Crippen LogP contribution in [0.15, 0.2) is 0 Å². The van der Waals surface area contributed by atoms with Crippen molar-refractivity contribution in [1.29, 1.82) is 0 Å². The summed E-state index contributed by atoms with van der Waals surface area (Å²) in [7, 11) is 1.46. The van der Waals surface area contributed by atoms with Crippen molar-refractivity contribution in [3.8, 4) is 0 Å². The molecule has 0 N–H and O–H groups in total. The molecule has 1 rings (SSSR count). The SMILES string of the molecule is CCCC1CCN(C(C)C(=O)OC)CC1. The standard InChI is InChI=1S/C12H23NO2/c1-4-5-11-6-8-13(9-7-11)10(2)12(14)15-3/h10-11H,4-9H2,1-3H3. The number of carbonyl (C=O) groups excluding carboxylic acids is 1. The number of hydrogen-bond donors (Lipinski definition) is 0. The molecular formula is C12H23NO2. The van der Waals surface area contributed by atoms with Crippen LogP contribution in [-0.2, 0) is 9.53 Å². The summed E-state index contributed by atoms with van der Waals surface area (Å²) in [5.41, 5.74) is 0. The van der Waals surface area contributed by atoms with Gasteiger partial charge in [-0.3, -0.25) is 9.69 Å². The molecule has 3 nitrogen and oxygen atoms in total. The monoisotopic (exact) mass is 213 g/mol. The van der Waals surface area contributed by atoms with Gasteiger partial charge in [-0.1, -0.05) is 19.8 Å². The number of esters is 1. The number of ether oxygens (including phenoxy) is 1. The van der Waals surface area contributed by atoms with Crippen molar-refractivity contribution in [2.45, 2.75) is 45.6 Å². The second-order valence-corrected chi connectivity index (χ2v) is 4.47. The van der Waals surface area contributed by atoms with Crippen LogP contribution >= 0.6 is 0 Å². The molecule has 1 heterocycles. The van der Waals surface area contributed by atoms with E-state index in [1.54, 1.807) is 0 Å². The van der Waals surface area contributed by atoms with Gasteiger partial charge in [0.2, 0.25) is 0 Å². The van der Waals surface area contributed by atoms with Crippen LogP contribution < -0.4 is 0 Å². The second kappa shape index (κ2) is 6.11. The number of rotatable bonds is 4. The number of nitrogens with zero attached hydrogens (tertiary/aromatic N) is 1. The third kappa shape index (κ3) is 3.49. The number of carbonyl (C=O) groups is 1. The van der Waals surface area contributed by atoms with Crippen LogP contribution in [0.5, 0.6) is 0 Å². The van der Waals surface area contributed by atoms with Crippen LogP contribution in [0.2, 0.25) is 0 Å². The van der Waals surface area contributed by atoms with Crippen LogP contribution in [0.3, 0.4) is 0 Å². The maximum atomic E-state index is 11.4. The molecule has 3 heteroatoms. The normalized spacial score (nSPS) is 21.3. The Bertz CT molecular complexity index is 198. The van der Waals surface area contributed by atoms with Crippen molar-refractivity contribution in [1.82, 2.24) is 4.90 Å². The molecule has 1 unspecified atom stereocenters. The Kier molecular flexibility index (Phi) is 5.09. The zero-order valence-electron chi connectivity index (χ0n) is 10.2. The third-order valence-corrected chi connectivity index (χ3v) is 3.44. The predicted molar refractivity (Wildman–Crippen MR) is 60.7 cm³/mol. The van der Waals surface area contributed by atoms with E-state index in [0.717, 1.165) is 19.0 Å². The Morgan fingerprint density at radius 1 is 1.47 bits per heavy atom. The lowest BCUT2D eigenvalue weighted by molar-refractivity contribution is -0.146. The minimum atomic E-state index is -0.107. The van der Waals surface area contributed by atoms with Gasteiger partial charge in [0.1, 0.15) is 6.04 Å². The highest BCUT2D eigenvalue weighted by Gasteiger charge is 2.26. The minimum absolute atomic E-state index is 0.0717. The predicted octanol–water partition coefficient (Wildman–Crippen LogP) is 2.06. The summed E-state index contributed by atoms with van der Waals surface area (Å²) in [6.45, 7) is 6.26. The Labute approximate surface area is 92.8 Å². The largest absolute Gasteiger partial charge is 0.468 e. The molecule has 0 aromatic carbocycles. The van der Waals surface area contributed by atoms with E-state index in [-0.39, 0.29) is 12.0 Å². The van der Waals surface area contributed by atoms with Crippen LogP contribution in [0.1, 0.15) is 39.5 Å². The van der Waals surface area contributed by atoms with E-state index < -0.39 is 0 Å². The fourth-order valence-corrected chi connectivity index (χ4v) is 2.36. The van der Waals surface area contributed by atoms with Crippen LogP contribution in [0.4, 0.5) is 0 Å². The first-order valence-corrected chi connectivity index (χ1v) is 6.01. The Morgan fingerprint density at radius 2 is 2.07 bits per heavy atom. The van der Waals surface area contributed by atoms with Gasteiger partial charge < -0.3 is 4.74 Å². The van der Waals surface area contributed by atoms with Crippen molar-refractivity contribution < 1.29 is 9.53 Å². The van der Waals surface area contributed by atoms with Crippen molar-refractivity contribution in [3.63, 3.8) is 0 Å². The number of likely N-dealkylation sites (tertiary alicyclic amines) is 1. The van der Waals surface area contributed by atoms with E-state index >= 15 is 0 Å².